The Kier molecular flexibility index (Phi) is 3.96. The van der Waals surface area contributed by atoms with Gasteiger partial charge in [-0.1, -0.05) is 23.7 Å². The molecule has 1 spiro atoms. The Morgan fingerprint density at radius 1 is 1.26 bits per heavy atom. The lowest BCUT2D eigenvalue weighted by Crippen LogP contribution is -2.54. The number of fused-ring (bicyclic) bond motifs is 2. The van der Waals surface area contributed by atoms with Gasteiger partial charge in [0.05, 0.1) is 19.3 Å². The van der Waals surface area contributed by atoms with Gasteiger partial charge in [0.25, 0.3) is 0 Å². The summed E-state index contributed by atoms with van der Waals surface area (Å²) in [4.78, 5) is 12.6. The standard InChI is InChI=1S/C18H21ClO4/c19-12-4-1-11(2-5-12)3-6-16(20)13-9-15-14(17(13)21)10-18(15)22-7-8-23-18/h1-2,4-5,13-15,17,21H,3,6-10H2/t13-,14-,15+,17?/m1/s1. The maximum atomic E-state index is 12.6. The summed E-state index contributed by atoms with van der Waals surface area (Å²) in [5, 5.41) is 11.2. The minimum absolute atomic E-state index is 0.148. The second kappa shape index (κ2) is 5.85. The van der Waals surface area contributed by atoms with Crippen molar-refractivity contribution in [3.8, 4) is 0 Å². The van der Waals surface area contributed by atoms with Crippen LogP contribution >= 0.6 is 11.6 Å². The minimum atomic E-state index is -0.545. The second-order valence-electron chi connectivity index (χ2n) is 6.91. The third kappa shape index (κ3) is 2.62. The first-order valence-corrected chi connectivity index (χ1v) is 8.70. The van der Waals surface area contributed by atoms with Crippen molar-refractivity contribution in [3.63, 3.8) is 0 Å². The molecular formula is C18H21ClO4. The van der Waals surface area contributed by atoms with Gasteiger partial charge in [0.2, 0.25) is 0 Å². The molecule has 3 aliphatic rings. The Bertz CT molecular complexity index is 594. The predicted octanol–water partition coefficient (Wildman–Crippen LogP) is 2.60. The molecule has 1 aliphatic heterocycles. The van der Waals surface area contributed by atoms with Crippen molar-refractivity contribution in [2.75, 3.05) is 13.2 Å². The van der Waals surface area contributed by atoms with E-state index < -0.39 is 11.9 Å². The van der Waals surface area contributed by atoms with E-state index in [1.54, 1.807) is 0 Å². The van der Waals surface area contributed by atoms with E-state index in [0.717, 1.165) is 12.0 Å². The van der Waals surface area contributed by atoms with Gasteiger partial charge in [-0.15, -0.1) is 0 Å². The number of halogens is 1. The van der Waals surface area contributed by atoms with Gasteiger partial charge in [-0.05, 0) is 36.5 Å². The van der Waals surface area contributed by atoms with Crippen LogP contribution in [0.5, 0.6) is 0 Å². The average molecular weight is 337 g/mol. The van der Waals surface area contributed by atoms with E-state index in [9.17, 15) is 9.90 Å². The summed E-state index contributed by atoms with van der Waals surface area (Å²) in [6, 6.07) is 7.56. The number of aryl methyl sites for hydroxylation is 1. The first kappa shape index (κ1) is 15.6. The molecule has 3 fully saturated rings. The van der Waals surface area contributed by atoms with Crippen LogP contribution in [0.3, 0.4) is 0 Å². The number of hydrogen-bond acceptors (Lipinski definition) is 4. The minimum Gasteiger partial charge on any atom is -0.392 e. The van der Waals surface area contributed by atoms with Crippen molar-refractivity contribution >= 4 is 17.4 Å². The van der Waals surface area contributed by atoms with E-state index in [1.165, 1.54) is 0 Å². The first-order valence-electron chi connectivity index (χ1n) is 8.32. The van der Waals surface area contributed by atoms with E-state index in [4.69, 9.17) is 21.1 Å². The molecule has 1 saturated heterocycles. The number of carbonyl (C=O) groups excluding carboxylic acids is 1. The van der Waals surface area contributed by atoms with E-state index in [1.807, 2.05) is 24.3 Å². The molecule has 23 heavy (non-hydrogen) atoms. The fourth-order valence-corrected chi connectivity index (χ4v) is 4.57. The molecule has 124 valence electrons. The molecule has 1 heterocycles. The Morgan fingerprint density at radius 3 is 2.65 bits per heavy atom. The molecule has 0 amide bonds. The summed E-state index contributed by atoms with van der Waals surface area (Å²) in [6.07, 6.45) is 2.01. The summed E-state index contributed by atoms with van der Waals surface area (Å²) in [7, 11) is 0. The molecule has 4 rings (SSSR count). The van der Waals surface area contributed by atoms with Crippen molar-refractivity contribution < 1.29 is 19.4 Å². The third-order valence-electron chi connectivity index (χ3n) is 5.72. The molecule has 1 aromatic rings. The number of aliphatic hydroxyl groups is 1. The monoisotopic (exact) mass is 336 g/mol. The summed E-state index contributed by atoms with van der Waals surface area (Å²) < 4.78 is 11.5. The van der Waals surface area contributed by atoms with Gasteiger partial charge >= 0.3 is 0 Å². The van der Waals surface area contributed by atoms with Crippen LogP contribution in [0.1, 0.15) is 24.8 Å². The highest BCUT2D eigenvalue weighted by molar-refractivity contribution is 6.30. The van der Waals surface area contributed by atoms with Crippen LogP contribution in [0.15, 0.2) is 24.3 Å². The van der Waals surface area contributed by atoms with Gasteiger partial charge in [0.15, 0.2) is 5.79 Å². The topological polar surface area (TPSA) is 55.8 Å². The SMILES string of the molecule is O=C(CCc1ccc(Cl)cc1)[C@H]1C[C@H]2[C@@H](CC23OCCO3)C1O. The van der Waals surface area contributed by atoms with Crippen LogP contribution < -0.4 is 0 Å². The van der Waals surface area contributed by atoms with Gasteiger partial charge in [-0.2, -0.15) is 0 Å². The molecule has 0 radical (unpaired) electrons. The van der Waals surface area contributed by atoms with Crippen LogP contribution in [0.25, 0.3) is 0 Å². The predicted molar refractivity (Wildman–Crippen MR) is 85.1 cm³/mol. The maximum Gasteiger partial charge on any atom is 0.172 e. The van der Waals surface area contributed by atoms with Crippen molar-refractivity contribution in [3.05, 3.63) is 34.9 Å². The number of carbonyl (C=O) groups is 1. The molecule has 4 atom stereocenters. The zero-order chi connectivity index (χ0) is 16.0. The highest BCUT2D eigenvalue weighted by Gasteiger charge is 2.65. The highest BCUT2D eigenvalue weighted by Crippen LogP contribution is 2.59. The first-order chi connectivity index (χ1) is 11.1. The molecule has 1 N–H and O–H groups in total. The van der Waals surface area contributed by atoms with Crippen molar-refractivity contribution in [1.82, 2.24) is 0 Å². The second-order valence-corrected chi connectivity index (χ2v) is 7.35. The van der Waals surface area contributed by atoms with Crippen molar-refractivity contribution in [2.24, 2.45) is 17.8 Å². The van der Waals surface area contributed by atoms with Gasteiger partial charge in [0.1, 0.15) is 5.78 Å². The number of Topliss-reactive ketones (excluding diaryl/α,β-unsaturated/α-hetero) is 1. The van der Waals surface area contributed by atoms with Gasteiger partial charge < -0.3 is 14.6 Å². The normalized spacial score (nSPS) is 34.3. The van der Waals surface area contributed by atoms with Gasteiger partial charge in [-0.25, -0.2) is 0 Å². The highest BCUT2D eigenvalue weighted by atomic mass is 35.5. The third-order valence-corrected chi connectivity index (χ3v) is 5.98. The summed E-state index contributed by atoms with van der Waals surface area (Å²) in [5.41, 5.74) is 1.09. The van der Waals surface area contributed by atoms with Crippen LogP contribution in [0.4, 0.5) is 0 Å². The van der Waals surface area contributed by atoms with Crippen LogP contribution in [-0.2, 0) is 20.7 Å². The van der Waals surface area contributed by atoms with Crippen LogP contribution in [0.2, 0.25) is 5.02 Å². The molecule has 1 aromatic carbocycles. The molecule has 0 bridgehead atoms. The Hall–Kier alpha value is -0.940. The summed E-state index contributed by atoms with van der Waals surface area (Å²) in [6.45, 7) is 1.24. The van der Waals surface area contributed by atoms with Crippen LogP contribution in [-0.4, -0.2) is 36.0 Å². The maximum absolute atomic E-state index is 12.6. The Morgan fingerprint density at radius 2 is 1.96 bits per heavy atom. The Labute approximate surface area is 140 Å². The van der Waals surface area contributed by atoms with Crippen molar-refractivity contribution in [2.45, 2.75) is 37.6 Å². The quantitative estimate of drug-likeness (QED) is 0.918. The molecule has 4 nitrogen and oxygen atoms in total. The molecular weight excluding hydrogens is 316 g/mol. The Balaban J connectivity index is 1.36. The number of ketones is 1. The molecule has 5 heteroatoms. The van der Waals surface area contributed by atoms with E-state index in [-0.39, 0.29) is 23.5 Å². The number of aliphatic hydroxyl groups excluding tert-OH is 1. The van der Waals surface area contributed by atoms with E-state index in [2.05, 4.69) is 0 Å². The van der Waals surface area contributed by atoms with Crippen molar-refractivity contribution in [1.29, 1.82) is 0 Å². The summed E-state index contributed by atoms with van der Waals surface area (Å²) in [5.74, 6) is -0.307. The van der Waals surface area contributed by atoms with E-state index >= 15 is 0 Å². The fraction of sp³-hybridized carbons (Fsp3) is 0.611. The number of rotatable bonds is 4. The van der Waals surface area contributed by atoms with Gasteiger partial charge in [-0.3, -0.25) is 4.79 Å². The lowest BCUT2D eigenvalue weighted by atomic mass is 9.69. The fourth-order valence-electron chi connectivity index (χ4n) is 4.44. The lowest BCUT2D eigenvalue weighted by Gasteiger charge is -2.48. The van der Waals surface area contributed by atoms with Crippen LogP contribution in [0, 0.1) is 17.8 Å². The number of benzene rings is 1. The zero-order valence-electron chi connectivity index (χ0n) is 12.9. The van der Waals surface area contributed by atoms with E-state index in [0.29, 0.717) is 37.5 Å². The largest absolute Gasteiger partial charge is 0.392 e. The lowest BCUT2D eigenvalue weighted by molar-refractivity contribution is -0.275. The number of ether oxygens (including phenoxy) is 2. The molecule has 0 aromatic heterocycles. The zero-order valence-corrected chi connectivity index (χ0v) is 13.7. The smallest absolute Gasteiger partial charge is 0.172 e. The average Bonchev–Trinajstić information content (AvgIpc) is 3.12. The van der Waals surface area contributed by atoms with Gasteiger partial charge in [0, 0.05) is 29.7 Å². The molecule has 2 aliphatic carbocycles. The molecule has 2 saturated carbocycles. The summed E-state index contributed by atoms with van der Waals surface area (Å²) >= 11 is 5.87. The number of hydrogen-bond donors (Lipinski definition) is 1. The molecule has 1 unspecified atom stereocenters.